The van der Waals surface area contributed by atoms with Gasteiger partial charge in [0.25, 0.3) is 11.8 Å². The number of aromatic nitrogens is 4. The Balaban J connectivity index is 1.38. The van der Waals surface area contributed by atoms with Crippen molar-refractivity contribution in [2.45, 2.75) is 0 Å². The van der Waals surface area contributed by atoms with Crippen molar-refractivity contribution in [1.82, 2.24) is 19.9 Å². The molecule has 33 heavy (non-hydrogen) atoms. The maximum Gasteiger partial charge on any atom is 0.260 e. The van der Waals surface area contributed by atoms with Crippen LogP contribution in [0.4, 0.5) is 17.6 Å². The number of nitrogens with one attached hydrogen (secondary N) is 4. The molecule has 2 amide bonds. The molecule has 3 aromatic carbocycles. The number of nitrogens with zero attached hydrogens (tertiary/aromatic N) is 2. The minimum atomic E-state index is -0.365. The Morgan fingerprint density at radius 2 is 1.64 bits per heavy atom. The number of rotatable bonds is 5. The van der Waals surface area contributed by atoms with Gasteiger partial charge in [-0.15, -0.1) is 0 Å². The zero-order valence-corrected chi connectivity index (χ0v) is 17.3. The van der Waals surface area contributed by atoms with Gasteiger partial charge < -0.3 is 15.7 Å². The number of para-hydroxylation sites is 1. The van der Waals surface area contributed by atoms with Crippen LogP contribution >= 0.6 is 0 Å². The number of H-pyrrole nitrogens is 2. The SMILES string of the molecule is Nc1ccc(-c2cccc(C(=O)Nc3nc4c(C(=O)Nc5ncc[nH]5)cccc4[nH]3)c2)cc1. The number of hydrogen-bond acceptors (Lipinski definition) is 5. The van der Waals surface area contributed by atoms with E-state index < -0.39 is 0 Å². The molecule has 9 heteroatoms. The summed E-state index contributed by atoms with van der Waals surface area (Å²) in [6, 6.07) is 19.9. The first kappa shape index (κ1) is 20.0. The van der Waals surface area contributed by atoms with E-state index >= 15 is 0 Å². The molecule has 162 valence electrons. The first-order valence-electron chi connectivity index (χ1n) is 10.1. The summed E-state index contributed by atoms with van der Waals surface area (Å²) in [5, 5.41) is 5.45. The van der Waals surface area contributed by atoms with Crippen LogP contribution in [0, 0.1) is 0 Å². The molecule has 0 saturated heterocycles. The molecule has 0 aliphatic heterocycles. The van der Waals surface area contributed by atoms with Crippen LogP contribution in [0.2, 0.25) is 0 Å². The minimum absolute atomic E-state index is 0.242. The van der Waals surface area contributed by atoms with Crippen molar-refractivity contribution < 1.29 is 9.59 Å². The molecular weight excluding hydrogens is 418 g/mol. The smallest absolute Gasteiger partial charge is 0.260 e. The number of fused-ring (bicyclic) bond motifs is 1. The second kappa shape index (κ2) is 8.31. The normalized spacial score (nSPS) is 10.8. The maximum absolute atomic E-state index is 12.9. The number of hydrogen-bond donors (Lipinski definition) is 5. The molecule has 0 bridgehead atoms. The average molecular weight is 437 g/mol. The molecule has 0 aliphatic carbocycles. The van der Waals surface area contributed by atoms with Crippen LogP contribution in [-0.2, 0) is 0 Å². The second-order valence-electron chi connectivity index (χ2n) is 7.34. The molecule has 9 nitrogen and oxygen atoms in total. The fourth-order valence-corrected chi connectivity index (χ4v) is 3.48. The standard InChI is InChI=1S/C24H19N7O2/c25-17-9-7-14(8-10-17)15-3-1-4-16(13-15)21(32)30-24-28-19-6-2-5-18(20(19)29-24)22(33)31-23-26-11-12-27-23/h1-13H,25H2,(H2,26,27,31,33)(H2,28,29,30,32). The van der Waals surface area contributed by atoms with Gasteiger partial charge in [-0.25, -0.2) is 9.97 Å². The highest BCUT2D eigenvalue weighted by Gasteiger charge is 2.16. The van der Waals surface area contributed by atoms with Crippen molar-refractivity contribution in [3.63, 3.8) is 0 Å². The summed E-state index contributed by atoms with van der Waals surface area (Å²) in [7, 11) is 0. The highest BCUT2D eigenvalue weighted by Crippen LogP contribution is 2.23. The van der Waals surface area contributed by atoms with E-state index in [-0.39, 0.29) is 17.8 Å². The second-order valence-corrected chi connectivity index (χ2v) is 7.34. The van der Waals surface area contributed by atoms with Gasteiger partial charge in [0.05, 0.1) is 11.1 Å². The number of anilines is 3. The van der Waals surface area contributed by atoms with Crippen LogP contribution in [0.1, 0.15) is 20.7 Å². The Kier molecular flexibility index (Phi) is 5.04. The molecule has 5 aromatic rings. The molecule has 0 radical (unpaired) electrons. The van der Waals surface area contributed by atoms with Crippen molar-refractivity contribution in [3.8, 4) is 11.1 Å². The summed E-state index contributed by atoms with van der Waals surface area (Å²) in [6.07, 6.45) is 3.15. The zero-order chi connectivity index (χ0) is 22.8. The molecule has 0 unspecified atom stereocenters. The first-order valence-corrected chi connectivity index (χ1v) is 10.1. The number of aromatic amines is 2. The van der Waals surface area contributed by atoms with Gasteiger partial charge >= 0.3 is 0 Å². The van der Waals surface area contributed by atoms with Gasteiger partial charge in [-0.3, -0.25) is 20.2 Å². The quantitative estimate of drug-likeness (QED) is 0.264. The lowest BCUT2D eigenvalue weighted by Gasteiger charge is -2.06. The maximum atomic E-state index is 12.9. The number of imidazole rings is 2. The Bertz CT molecular complexity index is 1450. The van der Waals surface area contributed by atoms with Crippen molar-refractivity contribution >= 4 is 40.4 Å². The van der Waals surface area contributed by atoms with E-state index in [4.69, 9.17) is 5.73 Å². The lowest BCUT2D eigenvalue weighted by molar-refractivity contribution is 0.101. The monoisotopic (exact) mass is 437 g/mol. The van der Waals surface area contributed by atoms with Crippen LogP contribution in [0.5, 0.6) is 0 Å². The Morgan fingerprint density at radius 3 is 2.42 bits per heavy atom. The van der Waals surface area contributed by atoms with Crippen molar-refractivity contribution in [2.24, 2.45) is 0 Å². The third-order valence-electron chi connectivity index (χ3n) is 5.09. The van der Waals surface area contributed by atoms with Gasteiger partial charge in [-0.05, 0) is 47.5 Å². The number of amides is 2. The van der Waals surface area contributed by atoms with Crippen molar-refractivity contribution in [1.29, 1.82) is 0 Å². The molecule has 5 rings (SSSR count). The Hall–Kier alpha value is -4.92. The molecule has 0 atom stereocenters. The van der Waals surface area contributed by atoms with Crippen LogP contribution in [0.25, 0.3) is 22.2 Å². The van der Waals surface area contributed by atoms with Crippen LogP contribution in [-0.4, -0.2) is 31.8 Å². The van der Waals surface area contributed by atoms with Crippen LogP contribution < -0.4 is 16.4 Å². The first-order chi connectivity index (χ1) is 16.1. The summed E-state index contributed by atoms with van der Waals surface area (Å²) in [5.41, 5.74) is 10.2. The van der Waals surface area contributed by atoms with E-state index in [1.54, 1.807) is 42.7 Å². The number of carbonyl (C=O) groups excluding carboxylic acids is 2. The molecule has 0 saturated carbocycles. The predicted molar refractivity (Wildman–Crippen MR) is 127 cm³/mol. The molecule has 0 aliphatic rings. The molecule has 6 N–H and O–H groups in total. The lowest BCUT2D eigenvalue weighted by atomic mass is 10.0. The fraction of sp³-hybridized carbons (Fsp3) is 0. The van der Waals surface area contributed by atoms with Gasteiger partial charge in [0.2, 0.25) is 11.9 Å². The summed E-state index contributed by atoms with van der Waals surface area (Å²) in [5.74, 6) is -0.114. The van der Waals surface area contributed by atoms with E-state index in [0.29, 0.717) is 33.8 Å². The highest BCUT2D eigenvalue weighted by atomic mass is 16.2. The number of benzene rings is 3. The Labute approximate surface area is 188 Å². The van der Waals surface area contributed by atoms with Crippen LogP contribution in [0.3, 0.4) is 0 Å². The molecule has 2 heterocycles. The van der Waals surface area contributed by atoms with E-state index in [1.807, 2.05) is 36.4 Å². The third-order valence-corrected chi connectivity index (χ3v) is 5.09. The van der Waals surface area contributed by atoms with Crippen molar-refractivity contribution in [2.75, 3.05) is 16.4 Å². The van der Waals surface area contributed by atoms with Gasteiger partial charge in [-0.1, -0.05) is 30.3 Å². The lowest BCUT2D eigenvalue weighted by Crippen LogP contribution is -2.14. The molecule has 2 aromatic heterocycles. The molecule has 0 fully saturated rings. The number of carbonyl (C=O) groups is 2. The average Bonchev–Trinajstić information content (AvgIpc) is 3.48. The Morgan fingerprint density at radius 1 is 0.848 bits per heavy atom. The van der Waals surface area contributed by atoms with Gasteiger partial charge in [0.15, 0.2) is 0 Å². The minimum Gasteiger partial charge on any atom is -0.399 e. The molecule has 0 spiro atoms. The third kappa shape index (κ3) is 4.15. The zero-order valence-electron chi connectivity index (χ0n) is 17.3. The number of nitrogens with two attached hydrogens (primary N) is 1. The summed E-state index contributed by atoms with van der Waals surface area (Å²) >= 11 is 0. The number of nitrogen functional groups attached to an aromatic ring is 1. The summed E-state index contributed by atoms with van der Waals surface area (Å²) < 4.78 is 0. The van der Waals surface area contributed by atoms with Crippen LogP contribution in [0.15, 0.2) is 79.1 Å². The topological polar surface area (TPSA) is 142 Å². The van der Waals surface area contributed by atoms with Gasteiger partial charge in [0.1, 0.15) is 5.52 Å². The summed E-state index contributed by atoms with van der Waals surface area (Å²) in [6.45, 7) is 0. The van der Waals surface area contributed by atoms with Crippen molar-refractivity contribution in [3.05, 3.63) is 90.3 Å². The molecular formula is C24H19N7O2. The highest BCUT2D eigenvalue weighted by molar-refractivity contribution is 6.11. The largest absolute Gasteiger partial charge is 0.399 e. The fourth-order valence-electron chi connectivity index (χ4n) is 3.48. The van der Waals surface area contributed by atoms with Gasteiger partial charge in [0, 0.05) is 23.6 Å². The predicted octanol–water partition coefficient (Wildman–Crippen LogP) is 4.04. The van der Waals surface area contributed by atoms with E-state index in [2.05, 4.69) is 30.6 Å². The van der Waals surface area contributed by atoms with Gasteiger partial charge in [-0.2, -0.15) is 0 Å². The van der Waals surface area contributed by atoms with E-state index in [9.17, 15) is 9.59 Å². The summed E-state index contributed by atoms with van der Waals surface area (Å²) in [4.78, 5) is 39.8. The van der Waals surface area contributed by atoms with E-state index in [0.717, 1.165) is 11.1 Å². The van der Waals surface area contributed by atoms with E-state index in [1.165, 1.54) is 0 Å².